The Kier molecular flexibility index (Phi) is 4.32. The Balaban J connectivity index is 1.76. The van der Waals surface area contributed by atoms with E-state index in [-0.39, 0.29) is 5.92 Å². The van der Waals surface area contributed by atoms with Crippen LogP contribution >= 0.6 is 0 Å². The Labute approximate surface area is 135 Å². The van der Waals surface area contributed by atoms with Crippen molar-refractivity contribution in [3.8, 4) is 11.5 Å². The lowest BCUT2D eigenvalue weighted by Crippen LogP contribution is -2.24. The zero-order valence-corrected chi connectivity index (χ0v) is 13.5. The van der Waals surface area contributed by atoms with E-state index in [1.165, 1.54) is 6.20 Å². The van der Waals surface area contributed by atoms with Gasteiger partial charge in [0, 0.05) is 26.4 Å². The molecule has 0 fully saturated rings. The van der Waals surface area contributed by atoms with Gasteiger partial charge >= 0.3 is 0 Å². The molecule has 1 atom stereocenters. The standard InChI is InChI=1S/C17H20FN3O2/c1-21(2)17-13(18)9-19-15(20-17)8-11-7-12-5-4-6-14(22-3)16(12)23-10-11/h4-6,9,11H,7-8,10H2,1-3H3/t11-/m1/s1. The average molecular weight is 317 g/mol. The van der Waals surface area contributed by atoms with Crippen LogP contribution in [0.4, 0.5) is 10.2 Å². The fourth-order valence-electron chi connectivity index (χ4n) is 2.81. The Morgan fingerprint density at radius 1 is 1.39 bits per heavy atom. The van der Waals surface area contributed by atoms with Crippen molar-refractivity contribution in [1.82, 2.24) is 9.97 Å². The highest BCUT2D eigenvalue weighted by molar-refractivity contribution is 5.47. The van der Waals surface area contributed by atoms with Crippen LogP contribution in [0.15, 0.2) is 24.4 Å². The first-order valence-corrected chi connectivity index (χ1v) is 7.56. The summed E-state index contributed by atoms with van der Waals surface area (Å²) in [5, 5.41) is 0. The van der Waals surface area contributed by atoms with Gasteiger partial charge in [-0.15, -0.1) is 0 Å². The van der Waals surface area contributed by atoms with Gasteiger partial charge in [0.2, 0.25) is 0 Å². The molecule has 0 spiro atoms. The highest BCUT2D eigenvalue weighted by Gasteiger charge is 2.24. The second kappa shape index (κ2) is 6.40. The second-order valence-corrected chi connectivity index (χ2v) is 5.89. The van der Waals surface area contributed by atoms with Crippen LogP contribution in [0.3, 0.4) is 0 Å². The van der Waals surface area contributed by atoms with E-state index >= 15 is 0 Å². The van der Waals surface area contributed by atoms with E-state index in [9.17, 15) is 4.39 Å². The monoisotopic (exact) mass is 317 g/mol. The summed E-state index contributed by atoms with van der Waals surface area (Å²) < 4.78 is 24.9. The molecule has 1 aromatic heterocycles. The SMILES string of the molecule is COc1cccc2c1OC[C@@H](Cc1ncc(F)c(N(C)C)n1)C2. The summed E-state index contributed by atoms with van der Waals surface area (Å²) in [6.45, 7) is 0.575. The second-order valence-electron chi connectivity index (χ2n) is 5.89. The fourth-order valence-corrected chi connectivity index (χ4v) is 2.81. The number of hydrogen-bond acceptors (Lipinski definition) is 5. The van der Waals surface area contributed by atoms with Gasteiger partial charge in [0.05, 0.1) is 19.9 Å². The van der Waals surface area contributed by atoms with Crippen LogP contribution in [-0.2, 0) is 12.8 Å². The maximum absolute atomic E-state index is 13.7. The van der Waals surface area contributed by atoms with Gasteiger partial charge in [-0.2, -0.15) is 0 Å². The lowest BCUT2D eigenvalue weighted by atomic mass is 9.93. The van der Waals surface area contributed by atoms with E-state index in [1.54, 1.807) is 26.1 Å². The van der Waals surface area contributed by atoms with Crippen molar-refractivity contribution in [2.24, 2.45) is 5.92 Å². The smallest absolute Gasteiger partial charge is 0.183 e. The van der Waals surface area contributed by atoms with Gasteiger partial charge in [-0.05, 0) is 18.1 Å². The van der Waals surface area contributed by atoms with Crippen LogP contribution in [0, 0.1) is 11.7 Å². The van der Waals surface area contributed by atoms with E-state index < -0.39 is 5.82 Å². The first-order valence-electron chi connectivity index (χ1n) is 7.56. The Morgan fingerprint density at radius 2 is 2.22 bits per heavy atom. The van der Waals surface area contributed by atoms with Gasteiger partial charge in [-0.3, -0.25) is 0 Å². The summed E-state index contributed by atoms with van der Waals surface area (Å²) in [5.74, 6) is 2.38. The third-order valence-electron chi connectivity index (χ3n) is 3.92. The lowest BCUT2D eigenvalue weighted by Gasteiger charge is -2.26. The Bertz CT molecular complexity index is 706. The summed E-state index contributed by atoms with van der Waals surface area (Å²) in [7, 11) is 5.17. The van der Waals surface area contributed by atoms with Crippen molar-refractivity contribution in [2.45, 2.75) is 12.8 Å². The highest BCUT2D eigenvalue weighted by atomic mass is 19.1. The highest BCUT2D eigenvalue weighted by Crippen LogP contribution is 2.36. The fraction of sp³-hybridized carbons (Fsp3) is 0.412. The minimum Gasteiger partial charge on any atom is -0.493 e. The molecule has 2 aromatic rings. The molecule has 1 aliphatic heterocycles. The first kappa shape index (κ1) is 15.5. The lowest BCUT2D eigenvalue weighted by molar-refractivity contribution is 0.209. The van der Waals surface area contributed by atoms with Gasteiger partial charge in [-0.25, -0.2) is 14.4 Å². The normalized spacial score (nSPS) is 16.4. The minimum absolute atomic E-state index is 0.259. The average Bonchev–Trinajstić information content (AvgIpc) is 2.55. The predicted octanol–water partition coefficient (Wildman–Crippen LogP) is 2.48. The van der Waals surface area contributed by atoms with Gasteiger partial charge in [0.1, 0.15) is 5.82 Å². The third-order valence-corrected chi connectivity index (χ3v) is 3.92. The quantitative estimate of drug-likeness (QED) is 0.867. The molecule has 1 aromatic carbocycles. The van der Waals surface area contributed by atoms with E-state index in [0.717, 1.165) is 23.5 Å². The van der Waals surface area contributed by atoms with Crippen molar-refractivity contribution in [1.29, 1.82) is 0 Å². The summed E-state index contributed by atoms with van der Waals surface area (Å²) in [6, 6.07) is 5.90. The number of hydrogen-bond donors (Lipinski definition) is 0. The van der Waals surface area contributed by atoms with Crippen molar-refractivity contribution in [3.63, 3.8) is 0 Å². The first-order chi connectivity index (χ1) is 11.1. The number of methoxy groups -OCH3 is 1. The number of fused-ring (bicyclic) bond motifs is 1. The predicted molar refractivity (Wildman–Crippen MR) is 85.7 cm³/mol. The van der Waals surface area contributed by atoms with E-state index in [1.807, 2.05) is 18.2 Å². The molecule has 0 unspecified atom stereocenters. The Hall–Kier alpha value is -2.37. The number of anilines is 1. The van der Waals surface area contributed by atoms with Gasteiger partial charge in [0.15, 0.2) is 23.1 Å². The molecule has 1 aliphatic rings. The molecule has 6 heteroatoms. The van der Waals surface area contributed by atoms with Gasteiger partial charge in [0.25, 0.3) is 0 Å². The molecular formula is C17H20FN3O2. The van der Waals surface area contributed by atoms with Gasteiger partial charge in [-0.1, -0.05) is 12.1 Å². The molecule has 0 aliphatic carbocycles. The molecule has 0 saturated carbocycles. The number of aromatic nitrogens is 2. The van der Waals surface area contributed by atoms with E-state index in [2.05, 4.69) is 9.97 Å². The Morgan fingerprint density at radius 3 is 2.96 bits per heavy atom. The zero-order chi connectivity index (χ0) is 16.4. The van der Waals surface area contributed by atoms with E-state index in [0.29, 0.717) is 24.7 Å². The molecule has 2 heterocycles. The van der Waals surface area contributed by atoms with Crippen molar-refractivity contribution >= 4 is 5.82 Å². The number of halogens is 1. The number of ether oxygens (including phenoxy) is 2. The summed E-state index contributed by atoms with van der Waals surface area (Å²) >= 11 is 0. The minimum atomic E-state index is -0.409. The molecule has 0 bridgehead atoms. The number of rotatable bonds is 4. The molecule has 0 N–H and O–H groups in total. The molecule has 0 radical (unpaired) electrons. The maximum atomic E-state index is 13.7. The zero-order valence-electron chi connectivity index (χ0n) is 13.5. The number of para-hydroxylation sites is 1. The van der Waals surface area contributed by atoms with Crippen molar-refractivity contribution in [3.05, 3.63) is 41.6 Å². The molecule has 5 nitrogen and oxygen atoms in total. The molecule has 0 saturated heterocycles. The third kappa shape index (κ3) is 3.21. The van der Waals surface area contributed by atoms with Crippen LogP contribution in [0.25, 0.3) is 0 Å². The van der Waals surface area contributed by atoms with E-state index in [4.69, 9.17) is 9.47 Å². The van der Waals surface area contributed by atoms with Crippen LogP contribution in [0.1, 0.15) is 11.4 Å². The van der Waals surface area contributed by atoms with Crippen molar-refractivity contribution in [2.75, 3.05) is 32.7 Å². The molecule has 3 rings (SSSR count). The van der Waals surface area contributed by atoms with Crippen LogP contribution in [0.2, 0.25) is 0 Å². The number of benzene rings is 1. The topological polar surface area (TPSA) is 47.5 Å². The molecule has 23 heavy (non-hydrogen) atoms. The summed E-state index contributed by atoms with van der Waals surface area (Å²) in [5.41, 5.74) is 1.12. The molecule has 0 amide bonds. The summed E-state index contributed by atoms with van der Waals surface area (Å²) in [6.07, 6.45) is 2.75. The maximum Gasteiger partial charge on any atom is 0.183 e. The van der Waals surface area contributed by atoms with Crippen LogP contribution in [0.5, 0.6) is 11.5 Å². The molecule has 122 valence electrons. The summed E-state index contributed by atoms with van der Waals surface area (Å²) in [4.78, 5) is 10.1. The molecular weight excluding hydrogens is 297 g/mol. The van der Waals surface area contributed by atoms with Crippen LogP contribution < -0.4 is 14.4 Å². The van der Waals surface area contributed by atoms with Crippen LogP contribution in [-0.4, -0.2) is 37.8 Å². The number of nitrogens with zero attached hydrogens (tertiary/aromatic N) is 3. The van der Waals surface area contributed by atoms with Gasteiger partial charge < -0.3 is 14.4 Å². The largest absolute Gasteiger partial charge is 0.493 e. The van der Waals surface area contributed by atoms with Crippen molar-refractivity contribution < 1.29 is 13.9 Å².